The van der Waals surface area contributed by atoms with Gasteiger partial charge in [0.05, 0.1) is 5.57 Å². The molecule has 0 fully saturated rings. The van der Waals surface area contributed by atoms with Gasteiger partial charge in [-0.3, -0.25) is 9.59 Å². The number of nitrogens with zero attached hydrogens (tertiary/aromatic N) is 1. The van der Waals surface area contributed by atoms with Gasteiger partial charge in [0.25, 0.3) is 5.91 Å². The lowest BCUT2D eigenvalue weighted by Crippen LogP contribution is -2.41. The third-order valence-corrected chi connectivity index (χ3v) is 4.31. The van der Waals surface area contributed by atoms with Crippen molar-refractivity contribution in [1.29, 1.82) is 0 Å². The summed E-state index contributed by atoms with van der Waals surface area (Å²) in [5.74, 6) is 0.125. The molecule has 0 unspecified atom stereocenters. The van der Waals surface area contributed by atoms with Gasteiger partial charge in [-0.2, -0.15) is 0 Å². The molecule has 134 valence electrons. The Morgan fingerprint density at radius 2 is 1.88 bits per heavy atom. The van der Waals surface area contributed by atoms with Crippen LogP contribution >= 0.6 is 11.6 Å². The molecule has 2 aromatic carbocycles. The van der Waals surface area contributed by atoms with Crippen LogP contribution in [-0.4, -0.2) is 37.4 Å². The number of rotatable bonds is 4. The number of hydrogen-bond donors (Lipinski definition) is 1. The maximum atomic E-state index is 12.7. The molecule has 0 saturated carbocycles. The molecule has 0 bridgehead atoms. The Labute approximate surface area is 157 Å². The van der Waals surface area contributed by atoms with Gasteiger partial charge in [0.1, 0.15) is 18.4 Å². The van der Waals surface area contributed by atoms with Gasteiger partial charge >= 0.3 is 0 Å². The van der Waals surface area contributed by atoms with Crippen molar-refractivity contribution >= 4 is 29.5 Å². The summed E-state index contributed by atoms with van der Waals surface area (Å²) in [4.78, 5) is 26.7. The fourth-order valence-electron chi connectivity index (χ4n) is 2.69. The summed E-state index contributed by atoms with van der Waals surface area (Å²) in [6.07, 6.45) is 1.74. The molecule has 1 aliphatic rings. The van der Waals surface area contributed by atoms with Gasteiger partial charge in [-0.25, -0.2) is 0 Å². The monoisotopic (exact) mass is 370 g/mol. The third-order valence-electron chi connectivity index (χ3n) is 4.07. The number of amides is 2. The molecule has 1 atom stereocenters. The van der Waals surface area contributed by atoms with Crippen molar-refractivity contribution in [2.45, 2.75) is 6.04 Å². The number of likely N-dealkylation sites (N-methyl/N-ethyl adjacent to an activating group) is 1. The van der Waals surface area contributed by atoms with E-state index >= 15 is 0 Å². The van der Waals surface area contributed by atoms with E-state index in [0.717, 1.165) is 11.1 Å². The van der Waals surface area contributed by atoms with Gasteiger partial charge in [-0.15, -0.1) is 0 Å². The van der Waals surface area contributed by atoms with E-state index in [9.17, 15) is 9.59 Å². The average Bonchev–Trinajstić information content (AvgIpc) is 2.65. The molecule has 1 aliphatic heterocycles. The Kier molecular flexibility index (Phi) is 5.28. The molecule has 6 heteroatoms. The van der Waals surface area contributed by atoms with E-state index in [1.807, 2.05) is 30.3 Å². The van der Waals surface area contributed by atoms with Gasteiger partial charge in [0.2, 0.25) is 5.91 Å². The topological polar surface area (TPSA) is 58.6 Å². The van der Waals surface area contributed by atoms with E-state index in [2.05, 4.69) is 5.32 Å². The molecule has 1 N–H and O–H groups in total. The van der Waals surface area contributed by atoms with Crippen LogP contribution in [0.3, 0.4) is 0 Å². The molecular weight excluding hydrogens is 352 g/mol. The minimum Gasteiger partial charge on any atom is -0.488 e. The highest BCUT2D eigenvalue weighted by Gasteiger charge is 2.26. The van der Waals surface area contributed by atoms with E-state index in [-0.39, 0.29) is 18.4 Å². The first-order valence-electron chi connectivity index (χ1n) is 8.15. The highest BCUT2D eigenvalue weighted by molar-refractivity contribution is 6.30. The number of carbonyl (C=O) groups excluding carboxylic acids is 2. The van der Waals surface area contributed by atoms with E-state index in [0.29, 0.717) is 16.3 Å². The van der Waals surface area contributed by atoms with Crippen LogP contribution < -0.4 is 10.1 Å². The minimum atomic E-state index is -0.764. The number of benzene rings is 2. The Balaban J connectivity index is 1.85. The first kappa shape index (κ1) is 18.0. The van der Waals surface area contributed by atoms with Crippen molar-refractivity contribution in [3.8, 4) is 5.75 Å². The van der Waals surface area contributed by atoms with Gasteiger partial charge in [-0.05, 0) is 29.8 Å². The molecule has 0 saturated heterocycles. The normalized spacial score (nSPS) is 13.7. The lowest BCUT2D eigenvalue weighted by molar-refractivity contribution is -0.133. The van der Waals surface area contributed by atoms with E-state index in [1.165, 1.54) is 4.90 Å². The Bertz CT molecular complexity index is 863. The average molecular weight is 371 g/mol. The predicted molar refractivity (Wildman–Crippen MR) is 101 cm³/mol. The zero-order valence-electron chi connectivity index (χ0n) is 14.5. The van der Waals surface area contributed by atoms with Crippen LogP contribution in [0.2, 0.25) is 5.02 Å². The molecule has 0 spiro atoms. The lowest BCUT2D eigenvalue weighted by atomic mass is 10.0. The van der Waals surface area contributed by atoms with E-state index < -0.39 is 6.04 Å². The second-order valence-electron chi connectivity index (χ2n) is 6.19. The van der Waals surface area contributed by atoms with Gasteiger partial charge < -0.3 is 15.0 Å². The number of fused-ring (bicyclic) bond motifs is 1. The molecule has 2 aromatic rings. The van der Waals surface area contributed by atoms with Crippen LogP contribution in [0.5, 0.6) is 5.75 Å². The second-order valence-corrected chi connectivity index (χ2v) is 6.63. The molecule has 1 heterocycles. The second kappa shape index (κ2) is 7.62. The van der Waals surface area contributed by atoms with Crippen LogP contribution in [0.15, 0.2) is 54.1 Å². The zero-order chi connectivity index (χ0) is 18.7. The predicted octanol–water partition coefficient (Wildman–Crippen LogP) is 3.06. The van der Waals surface area contributed by atoms with Crippen LogP contribution in [-0.2, 0) is 9.59 Å². The summed E-state index contributed by atoms with van der Waals surface area (Å²) in [7, 11) is 3.32. The first-order valence-corrected chi connectivity index (χ1v) is 8.53. The third kappa shape index (κ3) is 3.89. The van der Waals surface area contributed by atoms with Crippen LogP contribution in [0, 0.1) is 0 Å². The smallest absolute Gasteiger partial charge is 0.251 e. The van der Waals surface area contributed by atoms with Gasteiger partial charge in [-0.1, -0.05) is 41.9 Å². The molecule has 2 amide bonds. The first-order chi connectivity index (χ1) is 12.5. The van der Waals surface area contributed by atoms with Crippen LogP contribution in [0.1, 0.15) is 17.2 Å². The van der Waals surface area contributed by atoms with E-state index in [1.54, 1.807) is 38.4 Å². The van der Waals surface area contributed by atoms with Crippen molar-refractivity contribution in [2.75, 3.05) is 20.7 Å². The summed E-state index contributed by atoms with van der Waals surface area (Å²) in [6, 6.07) is 13.6. The summed E-state index contributed by atoms with van der Waals surface area (Å²) in [5, 5.41) is 3.38. The Morgan fingerprint density at radius 1 is 1.15 bits per heavy atom. The summed E-state index contributed by atoms with van der Waals surface area (Å²) in [5.41, 5.74) is 1.90. The maximum absolute atomic E-state index is 12.7. The maximum Gasteiger partial charge on any atom is 0.251 e. The van der Waals surface area contributed by atoms with Gasteiger partial charge in [0, 0.05) is 24.7 Å². The Morgan fingerprint density at radius 3 is 2.58 bits per heavy atom. The summed E-state index contributed by atoms with van der Waals surface area (Å²) in [6.45, 7) is 0.137. The van der Waals surface area contributed by atoms with Crippen molar-refractivity contribution in [2.24, 2.45) is 0 Å². The van der Waals surface area contributed by atoms with Crippen molar-refractivity contribution in [3.05, 3.63) is 70.3 Å². The number of carbonyl (C=O) groups is 2. The van der Waals surface area contributed by atoms with Crippen molar-refractivity contribution in [3.63, 3.8) is 0 Å². The van der Waals surface area contributed by atoms with Crippen molar-refractivity contribution < 1.29 is 14.3 Å². The van der Waals surface area contributed by atoms with Crippen LogP contribution in [0.4, 0.5) is 0 Å². The highest BCUT2D eigenvalue weighted by atomic mass is 35.5. The molecule has 0 aromatic heterocycles. The standard InChI is InChI=1S/C20H19ClN2O3/c1-23(2)20(25)18(13-6-4-3-5-7-13)22-19(24)15-10-14-11-16(21)8-9-17(14)26-12-15/h3-11,18H,12H2,1-2H3,(H,22,24)/t18-/m0/s1. The number of hydrogen-bond acceptors (Lipinski definition) is 3. The van der Waals surface area contributed by atoms with Gasteiger partial charge in [0.15, 0.2) is 0 Å². The quantitative estimate of drug-likeness (QED) is 0.899. The zero-order valence-corrected chi connectivity index (χ0v) is 15.3. The number of nitrogens with one attached hydrogen (secondary N) is 1. The minimum absolute atomic E-state index is 0.137. The fraction of sp³-hybridized carbons (Fsp3) is 0.200. The highest BCUT2D eigenvalue weighted by Crippen LogP contribution is 2.29. The summed E-state index contributed by atoms with van der Waals surface area (Å²) >= 11 is 6.01. The van der Waals surface area contributed by atoms with Crippen LogP contribution in [0.25, 0.3) is 6.08 Å². The number of halogens is 1. The largest absolute Gasteiger partial charge is 0.488 e. The molecule has 0 radical (unpaired) electrons. The lowest BCUT2D eigenvalue weighted by Gasteiger charge is -2.24. The molecule has 5 nitrogen and oxygen atoms in total. The fourth-order valence-corrected chi connectivity index (χ4v) is 2.88. The number of ether oxygens (including phenoxy) is 1. The van der Waals surface area contributed by atoms with Crippen molar-refractivity contribution in [1.82, 2.24) is 10.2 Å². The summed E-state index contributed by atoms with van der Waals surface area (Å²) < 4.78 is 5.62. The Hall–Kier alpha value is -2.79. The SMILES string of the molecule is CN(C)C(=O)[C@@H](NC(=O)C1=Cc2cc(Cl)ccc2OC1)c1ccccc1. The molecular formula is C20H19ClN2O3. The molecule has 3 rings (SSSR count). The molecule has 26 heavy (non-hydrogen) atoms. The van der Waals surface area contributed by atoms with E-state index in [4.69, 9.17) is 16.3 Å². The molecule has 0 aliphatic carbocycles.